The van der Waals surface area contributed by atoms with Crippen LogP contribution in [0.4, 0.5) is 0 Å². The third-order valence-corrected chi connectivity index (χ3v) is 2.83. The number of hydrogen-bond donors (Lipinski definition) is 1. The van der Waals surface area contributed by atoms with Gasteiger partial charge in [0.2, 0.25) is 0 Å². The van der Waals surface area contributed by atoms with E-state index in [-0.39, 0.29) is 0 Å². The van der Waals surface area contributed by atoms with Gasteiger partial charge in [-0.25, -0.2) is 0 Å². The van der Waals surface area contributed by atoms with Gasteiger partial charge in [0.1, 0.15) is 0 Å². The lowest BCUT2D eigenvalue weighted by atomic mass is 9.80. The third-order valence-electron chi connectivity index (χ3n) is 2.83. The van der Waals surface area contributed by atoms with Crippen molar-refractivity contribution in [3.8, 4) is 0 Å². The van der Waals surface area contributed by atoms with Crippen molar-refractivity contribution in [2.45, 2.75) is 39.2 Å². The average Bonchev–Trinajstić information content (AvgIpc) is 1.94. The van der Waals surface area contributed by atoms with E-state index in [1.807, 2.05) is 0 Å². The van der Waals surface area contributed by atoms with E-state index in [0.717, 1.165) is 17.9 Å². The second-order valence-electron chi connectivity index (χ2n) is 3.79. The van der Waals surface area contributed by atoms with Crippen LogP contribution in [0.15, 0.2) is 0 Å². The molecule has 0 aromatic rings. The first-order chi connectivity index (χ1) is 4.74. The van der Waals surface area contributed by atoms with Crippen LogP contribution in [0, 0.1) is 11.8 Å². The summed E-state index contributed by atoms with van der Waals surface area (Å²) in [6, 6.07) is 0.781. The molecular weight excluding hydrogens is 122 g/mol. The summed E-state index contributed by atoms with van der Waals surface area (Å²) in [4.78, 5) is 0. The van der Waals surface area contributed by atoms with Crippen LogP contribution >= 0.6 is 0 Å². The first kappa shape index (κ1) is 8.06. The number of rotatable bonds is 1. The molecule has 0 heterocycles. The van der Waals surface area contributed by atoms with Crippen molar-refractivity contribution in [3.63, 3.8) is 0 Å². The Hall–Kier alpha value is -0.0400. The second-order valence-corrected chi connectivity index (χ2v) is 3.79. The van der Waals surface area contributed by atoms with E-state index in [0.29, 0.717) is 0 Å². The van der Waals surface area contributed by atoms with E-state index in [9.17, 15) is 0 Å². The van der Waals surface area contributed by atoms with Crippen LogP contribution in [0.1, 0.15) is 33.1 Å². The molecule has 3 unspecified atom stereocenters. The number of nitrogens with one attached hydrogen (secondary N) is 1. The van der Waals surface area contributed by atoms with Gasteiger partial charge in [-0.3, -0.25) is 0 Å². The first-order valence-electron chi connectivity index (χ1n) is 4.41. The molecule has 1 nitrogen and oxygen atoms in total. The van der Waals surface area contributed by atoms with Crippen LogP contribution in [0.25, 0.3) is 0 Å². The van der Waals surface area contributed by atoms with Crippen LogP contribution in [-0.4, -0.2) is 13.1 Å². The Morgan fingerprint density at radius 1 is 1.20 bits per heavy atom. The van der Waals surface area contributed by atoms with Gasteiger partial charge in [-0.05, 0) is 31.7 Å². The lowest BCUT2D eigenvalue weighted by molar-refractivity contribution is 0.238. The monoisotopic (exact) mass is 141 g/mol. The van der Waals surface area contributed by atoms with Gasteiger partial charge in [0.05, 0.1) is 0 Å². The Morgan fingerprint density at radius 3 is 2.40 bits per heavy atom. The van der Waals surface area contributed by atoms with Crippen LogP contribution in [0.3, 0.4) is 0 Å². The SMILES string of the molecule is CNC1CC(C)CCC1C. The highest BCUT2D eigenvalue weighted by Gasteiger charge is 2.23. The minimum Gasteiger partial charge on any atom is -0.317 e. The summed E-state index contributed by atoms with van der Waals surface area (Å²) in [7, 11) is 2.08. The largest absolute Gasteiger partial charge is 0.317 e. The minimum absolute atomic E-state index is 0.781. The van der Waals surface area contributed by atoms with Crippen LogP contribution in [-0.2, 0) is 0 Å². The molecule has 0 aliphatic heterocycles. The van der Waals surface area contributed by atoms with Crippen LogP contribution in [0.2, 0.25) is 0 Å². The van der Waals surface area contributed by atoms with Gasteiger partial charge >= 0.3 is 0 Å². The molecule has 0 bridgehead atoms. The molecule has 1 heteroatoms. The Labute approximate surface area is 64.2 Å². The molecule has 1 N–H and O–H groups in total. The molecule has 1 fully saturated rings. The van der Waals surface area contributed by atoms with E-state index >= 15 is 0 Å². The highest BCUT2D eigenvalue weighted by molar-refractivity contribution is 4.79. The molecule has 0 radical (unpaired) electrons. The normalized spacial score (nSPS) is 41.7. The maximum absolute atomic E-state index is 3.38. The fraction of sp³-hybridized carbons (Fsp3) is 1.00. The van der Waals surface area contributed by atoms with Crippen molar-refractivity contribution >= 4 is 0 Å². The topological polar surface area (TPSA) is 12.0 Å². The van der Waals surface area contributed by atoms with Gasteiger partial charge in [0.15, 0.2) is 0 Å². The lowest BCUT2D eigenvalue weighted by Crippen LogP contribution is -2.37. The molecule has 0 amide bonds. The third kappa shape index (κ3) is 1.72. The summed E-state index contributed by atoms with van der Waals surface area (Å²) in [5.41, 5.74) is 0. The summed E-state index contributed by atoms with van der Waals surface area (Å²) in [5.74, 6) is 1.83. The zero-order valence-electron chi connectivity index (χ0n) is 7.35. The molecule has 0 spiro atoms. The van der Waals surface area contributed by atoms with Crippen LogP contribution < -0.4 is 5.32 Å². The van der Waals surface area contributed by atoms with Crippen molar-refractivity contribution < 1.29 is 0 Å². The standard InChI is InChI=1S/C9H19N/c1-7-4-5-8(2)9(6-7)10-3/h7-10H,4-6H2,1-3H3. The van der Waals surface area contributed by atoms with Crippen molar-refractivity contribution in [1.82, 2.24) is 5.32 Å². The first-order valence-corrected chi connectivity index (χ1v) is 4.41. The highest BCUT2D eigenvalue weighted by Crippen LogP contribution is 2.27. The summed E-state index contributed by atoms with van der Waals surface area (Å²) < 4.78 is 0. The maximum atomic E-state index is 3.38. The molecule has 3 atom stereocenters. The fourth-order valence-electron chi connectivity index (χ4n) is 1.93. The van der Waals surface area contributed by atoms with E-state index < -0.39 is 0 Å². The van der Waals surface area contributed by atoms with E-state index in [4.69, 9.17) is 0 Å². The molecule has 1 aliphatic carbocycles. The molecule has 10 heavy (non-hydrogen) atoms. The molecule has 0 aromatic carbocycles. The Bertz CT molecular complexity index is 101. The Morgan fingerprint density at radius 2 is 1.90 bits per heavy atom. The Balaban J connectivity index is 2.38. The molecule has 0 aromatic heterocycles. The second kappa shape index (κ2) is 3.38. The van der Waals surface area contributed by atoms with Gasteiger partial charge in [-0.1, -0.05) is 20.3 Å². The molecule has 1 rings (SSSR count). The number of hydrogen-bond acceptors (Lipinski definition) is 1. The molecular formula is C9H19N. The van der Waals surface area contributed by atoms with Crippen molar-refractivity contribution in [1.29, 1.82) is 0 Å². The van der Waals surface area contributed by atoms with Gasteiger partial charge in [-0.2, -0.15) is 0 Å². The van der Waals surface area contributed by atoms with Gasteiger partial charge in [0.25, 0.3) is 0 Å². The van der Waals surface area contributed by atoms with Gasteiger partial charge in [-0.15, -0.1) is 0 Å². The minimum atomic E-state index is 0.781. The predicted octanol–water partition coefficient (Wildman–Crippen LogP) is 2.03. The lowest BCUT2D eigenvalue weighted by Gasteiger charge is -2.32. The predicted molar refractivity (Wildman–Crippen MR) is 45.0 cm³/mol. The Kier molecular flexibility index (Phi) is 2.72. The molecule has 60 valence electrons. The van der Waals surface area contributed by atoms with Crippen molar-refractivity contribution in [3.05, 3.63) is 0 Å². The van der Waals surface area contributed by atoms with Gasteiger partial charge < -0.3 is 5.32 Å². The zero-order chi connectivity index (χ0) is 7.56. The quantitative estimate of drug-likeness (QED) is 0.589. The van der Waals surface area contributed by atoms with Crippen molar-refractivity contribution in [2.75, 3.05) is 7.05 Å². The molecule has 1 saturated carbocycles. The summed E-state index contributed by atoms with van der Waals surface area (Å²) in [6.07, 6.45) is 4.21. The smallest absolute Gasteiger partial charge is 0.00922 e. The summed E-state index contributed by atoms with van der Waals surface area (Å²) in [5, 5.41) is 3.38. The average molecular weight is 141 g/mol. The molecule has 1 aliphatic rings. The van der Waals surface area contributed by atoms with E-state index in [1.165, 1.54) is 19.3 Å². The summed E-state index contributed by atoms with van der Waals surface area (Å²) >= 11 is 0. The van der Waals surface area contributed by atoms with Crippen LogP contribution in [0.5, 0.6) is 0 Å². The van der Waals surface area contributed by atoms with E-state index in [2.05, 4.69) is 26.2 Å². The van der Waals surface area contributed by atoms with E-state index in [1.54, 1.807) is 0 Å². The van der Waals surface area contributed by atoms with Crippen molar-refractivity contribution in [2.24, 2.45) is 11.8 Å². The highest BCUT2D eigenvalue weighted by atomic mass is 14.9. The zero-order valence-corrected chi connectivity index (χ0v) is 7.35. The fourth-order valence-corrected chi connectivity index (χ4v) is 1.93. The van der Waals surface area contributed by atoms with Gasteiger partial charge in [0, 0.05) is 6.04 Å². The maximum Gasteiger partial charge on any atom is 0.00922 e. The molecule has 0 saturated heterocycles. The summed E-state index contributed by atoms with van der Waals surface area (Å²) in [6.45, 7) is 4.71.